The number of nitrogens with two attached hydrogens (primary N) is 1. The number of nitrogen functional groups attached to an aromatic ring is 1. The summed E-state index contributed by atoms with van der Waals surface area (Å²) >= 11 is 1.63. The van der Waals surface area contributed by atoms with Crippen LogP contribution in [0.25, 0.3) is 10.4 Å². The number of hydrogen-bond acceptors (Lipinski definition) is 4. The lowest BCUT2D eigenvalue weighted by atomic mass is 10.1. The van der Waals surface area contributed by atoms with Crippen LogP contribution in [0.2, 0.25) is 18.6 Å². The van der Waals surface area contributed by atoms with E-state index in [1.807, 2.05) is 34.5 Å². The van der Waals surface area contributed by atoms with E-state index in [-0.39, 0.29) is 11.8 Å². The summed E-state index contributed by atoms with van der Waals surface area (Å²) in [5.41, 5.74) is 9.96. The monoisotopic (exact) mass is 539 g/mol. The zero-order valence-electron chi connectivity index (χ0n) is 21.8. The predicted molar refractivity (Wildman–Crippen MR) is 161 cm³/mol. The van der Waals surface area contributed by atoms with Crippen molar-refractivity contribution in [1.82, 2.24) is 4.90 Å². The van der Waals surface area contributed by atoms with Crippen LogP contribution in [0.1, 0.15) is 33.6 Å². The highest BCUT2D eigenvalue weighted by Crippen LogP contribution is 2.33. The molecule has 3 N–H and O–H groups in total. The number of anilines is 2. The van der Waals surface area contributed by atoms with Crippen LogP contribution < -0.4 is 16.2 Å². The molecule has 1 saturated heterocycles. The smallest absolute Gasteiger partial charge is 0.255 e. The van der Waals surface area contributed by atoms with Crippen molar-refractivity contribution < 1.29 is 9.59 Å². The fraction of sp³-hybridized carbons (Fsp3) is 0.226. The lowest BCUT2D eigenvalue weighted by Crippen LogP contribution is -2.50. The molecule has 1 aliphatic heterocycles. The van der Waals surface area contributed by atoms with E-state index in [1.54, 1.807) is 41.7 Å². The molecule has 5 nitrogen and oxygen atoms in total. The molecule has 0 aliphatic carbocycles. The first-order chi connectivity index (χ1) is 18.3. The molecule has 0 saturated carbocycles. The average Bonchev–Trinajstić information content (AvgIpc) is 3.50. The van der Waals surface area contributed by atoms with Gasteiger partial charge in [0.1, 0.15) is 0 Å². The van der Waals surface area contributed by atoms with Crippen LogP contribution in [0, 0.1) is 0 Å². The number of carbonyl (C=O) groups excluding carboxylic acids is 2. The highest BCUT2D eigenvalue weighted by atomic mass is 32.1. The summed E-state index contributed by atoms with van der Waals surface area (Å²) in [6.07, 6.45) is 2.07. The molecule has 7 heteroatoms. The molecule has 0 radical (unpaired) electrons. The second-order valence-electron chi connectivity index (χ2n) is 10.5. The maximum atomic E-state index is 13.2. The van der Waals surface area contributed by atoms with Crippen LogP contribution in [-0.4, -0.2) is 37.9 Å². The van der Waals surface area contributed by atoms with Gasteiger partial charge in [0.05, 0.1) is 19.4 Å². The van der Waals surface area contributed by atoms with Crippen molar-refractivity contribution in [1.29, 1.82) is 0 Å². The second-order valence-corrected chi connectivity index (χ2v) is 16.2. The molecule has 2 amide bonds. The molecule has 5 rings (SSSR count). The van der Waals surface area contributed by atoms with E-state index < -0.39 is 8.07 Å². The zero-order chi connectivity index (χ0) is 26.7. The minimum Gasteiger partial charge on any atom is -0.397 e. The summed E-state index contributed by atoms with van der Waals surface area (Å²) in [5.74, 6) is -0.226. The minimum absolute atomic E-state index is 0.0301. The molecule has 0 bridgehead atoms. The largest absolute Gasteiger partial charge is 0.397 e. The molecule has 2 heterocycles. The third kappa shape index (κ3) is 5.44. The summed E-state index contributed by atoms with van der Waals surface area (Å²) in [7, 11) is -1.59. The molecule has 1 aliphatic rings. The number of amides is 2. The van der Waals surface area contributed by atoms with Crippen LogP contribution in [0.3, 0.4) is 0 Å². The fourth-order valence-corrected chi connectivity index (χ4v) is 9.26. The molecule has 1 aromatic heterocycles. The first-order valence-electron chi connectivity index (χ1n) is 13.0. The molecular formula is C31H33N3O2SSi. The van der Waals surface area contributed by atoms with Gasteiger partial charge in [0, 0.05) is 29.1 Å². The molecule has 1 fully saturated rings. The second kappa shape index (κ2) is 11.0. The number of rotatable bonds is 6. The SMILES string of the molecule is C[Si](C)(c1ccccc1)C1CCN(C(=O)c2ccc(C(=O)Nc3cc(-c4cccs4)ccc3N)cc2)CC1. The Bertz CT molecular complexity index is 1410. The topological polar surface area (TPSA) is 75.4 Å². The van der Waals surface area contributed by atoms with Gasteiger partial charge < -0.3 is 16.0 Å². The van der Waals surface area contributed by atoms with E-state index in [1.165, 1.54) is 5.19 Å². The molecular weight excluding hydrogens is 507 g/mol. The summed E-state index contributed by atoms with van der Waals surface area (Å²) in [4.78, 5) is 29.2. The van der Waals surface area contributed by atoms with Gasteiger partial charge in [-0.2, -0.15) is 0 Å². The van der Waals surface area contributed by atoms with E-state index in [2.05, 4.69) is 48.7 Å². The van der Waals surface area contributed by atoms with Crippen molar-refractivity contribution in [3.05, 3.63) is 101 Å². The Labute approximate surface area is 229 Å². The normalized spacial score (nSPS) is 14.3. The van der Waals surface area contributed by atoms with E-state index in [9.17, 15) is 9.59 Å². The van der Waals surface area contributed by atoms with Gasteiger partial charge in [0.25, 0.3) is 11.8 Å². The Hall–Kier alpha value is -3.68. The van der Waals surface area contributed by atoms with E-state index in [0.29, 0.717) is 28.0 Å². The summed E-state index contributed by atoms with van der Waals surface area (Å²) in [6.45, 7) is 6.43. The van der Waals surface area contributed by atoms with Gasteiger partial charge in [-0.15, -0.1) is 11.3 Å². The van der Waals surface area contributed by atoms with Crippen LogP contribution >= 0.6 is 11.3 Å². The molecule has 0 atom stereocenters. The maximum absolute atomic E-state index is 13.2. The summed E-state index contributed by atoms with van der Waals surface area (Å²) in [6, 6.07) is 27.4. The summed E-state index contributed by atoms with van der Waals surface area (Å²) < 4.78 is 0. The minimum atomic E-state index is -1.59. The number of thiophene rings is 1. The van der Waals surface area contributed by atoms with E-state index in [0.717, 1.165) is 36.4 Å². The first kappa shape index (κ1) is 25.9. The Balaban J connectivity index is 1.21. The van der Waals surface area contributed by atoms with Gasteiger partial charge in [-0.05, 0) is 71.8 Å². The van der Waals surface area contributed by atoms with Crippen LogP contribution in [-0.2, 0) is 0 Å². The lowest BCUT2D eigenvalue weighted by molar-refractivity contribution is 0.0723. The standard InChI is InChI=1S/C31H33N3O2SSi/c1-38(2,25-7-4-3-5-8-25)26-16-18-34(19-17-26)31(36)23-12-10-22(11-13-23)30(35)33-28-21-24(14-15-27(28)32)29-9-6-20-37-29/h3-15,20-21,26H,16-19,32H2,1-2H3,(H,33,35). The maximum Gasteiger partial charge on any atom is 0.255 e. The van der Waals surface area contributed by atoms with Gasteiger partial charge >= 0.3 is 0 Å². The lowest BCUT2D eigenvalue weighted by Gasteiger charge is -2.40. The molecule has 0 spiro atoms. The highest BCUT2D eigenvalue weighted by molar-refractivity contribution is 7.13. The van der Waals surface area contributed by atoms with E-state index >= 15 is 0 Å². The number of nitrogens with zero attached hydrogens (tertiary/aromatic N) is 1. The number of hydrogen-bond donors (Lipinski definition) is 2. The number of likely N-dealkylation sites (tertiary alicyclic amines) is 1. The Morgan fingerprint density at radius 3 is 2.24 bits per heavy atom. The molecule has 38 heavy (non-hydrogen) atoms. The quantitative estimate of drug-likeness (QED) is 0.218. The molecule has 4 aromatic rings. The van der Waals surface area contributed by atoms with Crippen molar-refractivity contribution in [3.8, 4) is 10.4 Å². The van der Waals surface area contributed by atoms with Crippen molar-refractivity contribution in [2.45, 2.75) is 31.5 Å². The third-order valence-corrected chi connectivity index (χ3v) is 13.2. The van der Waals surface area contributed by atoms with Gasteiger partial charge in [0.15, 0.2) is 0 Å². The Morgan fingerprint density at radius 2 is 1.58 bits per heavy atom. The first-order valence-corrected chi connectivity index (χ1v) is 17.0. The van der Waals surface area contributed by atoms with Crippen molar-refractivity contribution >= 4 is 47.8 Å². The van der Waals surface area contributed by atoms with Gasteiger partial charge in [-0.1, -0.05) is 60.7 Å². The van der Waals surface area contributed by atoms with Crippen LogP contribution in [0.5, 0.6) is 0 Å². The van der Waals surface area contributed by atoms with Crippen LogP contribution in [0.4, 0.5) is 11.4 Å². The molecule has 0 unspecified atom stereocenters. The number of nitrogens with one attached hydrogen (secondary N) is 1. The third-order valence-electron chi connectivity index (χ3n) is 7.82. The molecule has 194 valence electrons. The van der Waals surface area contributed by atoms with Crippen molar-refractivity contribution in [2.24, 2.45) is 0 Å². The van der Waals surface area contributed by atoms with Crippen molar-refractivity contribution in [3.63, 3.8) is 0 Å². The van der Waals surface area contributed by atoms with Crippen molar-refractivity contribution in [2.75, 3.05) is 24.1 Å². The number of piperidine rings is 1. The predicted octanol–water partition coefficient (Wildman–Crippen LogP) is 6.47. The van der Waals surface area contributed by atoms with Gasteiger partial charge in [-0.3, -0.25) is 9.59 Å². The highest BCUT2D eigenvalue weighted by Gasteiger charge is 2.36. The number of benzene rings is 3. The van der Waals surface area contributed by atoms with Gasteiger partial charge in [-0.25, -0.2) is 0 Å². The average molecular weight is 540 g/mol. The van der Waals surface area contributed by atoms with Crippen LogP contribution in [0.15, 0.2) is 90.3 Å². The Morgan fingerprint density at radius 1 is 0.895 bits per heavy atom. The molecule has 3 aromatic carbocycles. The van der Waals surface area contributed by atoms with E-state index in [4.69, 9.17) is 5.73 Å². The fourth-order valence-electron chi connectivity index (χ4n) is 5.31. The Kier molecular flexibility index (Phi) is 7.49. The zero-order valence-corrected chi connectivity index (χ0v) is 23.6. The summed E-state index contributed by atoms with van der Waals surface area (Å²) in [5, 5.41) is 6.42. The van der Waals surface area contributed by atoms with Gasteiger partial charge in [0.2, 0.25) is 0 Å². The number of carbonyl (C=O) groups is 2.